The van der Waals surface area contributed by atoms with Crippen molar-refractivity contribution in [3.8, 4) is 0 Å². The molecule has 4 fully saturated rings. The smallest absolute Gasteiger partial charge is 0.0280 e. The van der Waals surface area contributed by atoms with Gasteiger partial charge in [0.05, 0.1) is 0 Å². The van der Waals surface area contributed by atoms with Crippen LogP contribution in [0.4, 0.5) is 0 Å². The van der Waals surface area contributed by atoms with Crippen LogP contribution in [0.1, 0.15) is 57.8 Å². The van der Waals surface area contributed by atoms with Crippen LogP contribution in [0.15, 0.2) is 12.2 Å². The van der Waals surface area contributed by atoms with Crippen molar-refractivity contribution < 1.29 is 0 Å². The molecule has 2 saturated carbocycles. The van der Waals surface area contributed by atoms with Crippen LogP contribution in [-0.2, 0) is 0 Å². The molecule has 0 spiro atoms. The van der Waals surface area contributed by atoms with Crippen molar-refractivity contribution in [1.29, 1.82) is 0 Å². The highest BCUT2D eigenvalue weighted by Gasteiger charge is 2.45. The maximum atomic E-state index is 3.00. The highest BCUT2D eigenvalue weighted by atomic mass is 15.3. The number of allylic oxidation sites excluding steroid dienone is 2. The van der Waals surface area contributed by atoms with E-state index in [0.717, 1.165) is 35.8 Å². The number of nitrogens with zero attached hydrogens (tertiary/aromatic N) is 2. The van der Waals surface area contributed by atoms with E-state index in [2.05, 4.69) is 22.0 Å². The molecule has 2 heteroatoms. The highest BCUT2D eigenvalue weighted by molar-refractivity contribution is 5.11. The molecule has 5 atom stereocenters. The van der Waals surface area contributed by atoms with Crippen molar-refractivity contribution in [3.05, 3.63) is 12.2 Å². The zero-order valence-electron chi connectivity index (χ0n) is 14.7. The fourth-order valence-corrected chi connectivity index (χ4v) is 6.87. The number of piperazine rings is 1. The zero-order chi connectivity index (χ0) is 15.2. The maximum absolute atomic E-state index is 3.00. The Bertz CT molecular complexity index is 453. The number of rotatable bonds is 3. The molecule has 3 aliphatic carbocycles. The summed E-state index contributed by atoms with van der Waals surface area (Å²) in [4.78, 5) is 5.86. The summed E-state index contributed by atoms with van der Waals surface area (Å²) in [5.41, 5.74) is 0. The Morgan fingerprint density at radius 2 is 1.74 bits per heavy atom. The minimum atomic E-state index is 0.898. The molecule has 2 heterocycles. The highest BCUT2D eigenvalue weighted by Crippen LogP contribution is 2.45. The van der Waals surface area contributed by atoms with Gasteiger partial charge in [-0.25, -0.2) is 0 Å². The van der Waals surface area contributed by atoms with E-state index in [4.69, 9.17) is 0 Å². The lowest BCUT2D eigenvalue weighted by Crippen LogP contribution is -2.61. The van der Waals surface area contributed by atoms with E-state index in [1.54, 1.807) is 0 Å². The third kappa shape index (κ3) is 2.70. The standard InChI is InChI=1S/C21H34N2/c1-2-5-17(6-3-1)21-20-7-4-10-22(20)11-12-23(21)15-19-14-16-8-9-18(19)13-16/h8-9,16-21H,1-7,10-15H2/t16-,18-,19+,20+,21+/m0/s1. The van der Waals surface area contributed by atoms with Crippen molar-refractivity contribution in [2.45, 2.75) is 69.9 Å². The molecule has 128 valence electrons. The summed E-state index contributed by atoms with van der Waals surface area (Å²) < 4.78 is 0. The summed E-state index contributed by atoms with van der Waals surface area (Å²) in [5, 5.41) is 0. The van der Waals surface area contributed by atoms with Gasteiger partial charge in [0, 0.05) is 31.7 Å². The summed E-state index contributed by atoms with van der Waals surface area (Å²) in [6, 6.07) is 1.80. The summed E-state index contributed by atoms with van der Waals surface area (Å²) in [7, 11) is 0. The van der Waals surface area contributed by atoms with Crippen LogP contribution in [0.2, 0.25) is 0 Å². The molecular formula is C21H34N2. The largest absolute Gasteiger partial charge is 0.298 e. The quantitative estimate of drug-likeness (QED) is 0.728. The molecule has 2 saturated heterocycles. The van der Waals surface area contributed by atoms with Crippen LogP contribution < -0.4 is 0 Å². The van der Waals surface area contributed by atoms with E-state index in [0.29, 0.717) is 0 Å². The Morgan fingerprint density at radius 1 is 0.826 bits per heavy atom. The van der Waals surface area contributed by atoms with Crippen LogP contribution in [0.3, 0.4) is 0 Å². The van der Waals surface area contributed by atoms with E-state index in [1.165, 1.54) is 84.0 Å². The lowest BCUT2D eigenvalue weighted by molar-refractivity contribution is -0.00913. The Labute approximate surface area is 142 Å². The first-order chi connectivity index (χ1) is 11.4. The second-order valence-corrected chi connectivity index (χ2v) is 9.17. The first kappa shape index (κ1) is 15.0. The molecule has 2 nitrogen and oxygen atoms in total. The van der Waals surface area contributed by atoms with Crippen molar-refractivity contribution in [2.24, 2.45) is 23.7 Å². The predicted octanol–water partition coefficient (Wildman–Crippen LogP) is 3.93. The SMILES string of the molecule is C1=C[C@H]2C[C@H]1C[C@@H]2CN1CCN2CCC[C@@H]2[C@H]1C1CCCCC1. The minimum Gasteiger partial charge on any atom is -0.298 e. The molecule has 0 aromatic rings. The first-order valence-corrected chi connectivity index (χ1v) is 10.5. The third-order valence-electron chi connectivity index (χ3n) is 7.92. The maximum Gasteiger partial charge on any atom is 0.0280 e. The van der Waals surface area contributed by atoms with Crippen LogP contribution in [0.25, 0.3) is 0 Å². The van der Waals surface area contributed by atoms with Gasteiger partial charge in [-0.15, -0.1) is 0 Å². The van der Waals surface area contributed by atoms with Crippen LogP contribution in [0, 0.1) is 23.7 Å². The summed E-state index contributed by atoms with van der Waals surface area (Å²) >= 11 is 0. The summed E-state index contributed by atoms with van der Waals surface area (Å²) in [6.45, 7) is 5.51. The zero-order valence-corrected chi connectivity index (χ0v) is 14.7. The van der Waals surface area contributed by atoms with E-state index >= 15 is 0 Å². The minimum absolute atomic E-state index is 0.898. The third-order valence-corrected chi connectivity index (χ3v) is 7.92. The Balaban J connectivity index is 1.33. The van der Waals surface area contributed by atoms with Gasteiger partial charge in [-0.3, -0.25) is 9.80 Å². The van der Waals surface area contributed by atoms with Gasteiger partial charge in [0.25, 0.3) is 0 Å². The summed E-state index contributed by atoms with van der Waals surface area (Å²) in [5.74, 6) is 3.84. The molecule has 0 aromatic heterocycles. The van der Waals surface area contributed by atoms with Crippen LogP contribution in [-0.4, -0.2) is 48.1 Å². The molecule has 2 aliphatic heterocycles. The predicted molar refractivity (Wildman–Crippen MR) is 95.4 cm³/mol. The normalized spacial score (nSPS) is 45.0. The number of hydrogen-bond donors (Lipinski definition) is 0. The van der Waals surface area contributed by atoms with Crippen molar-refractivity contribution in [3.63, 3.8) is 0 Å². The Morgan fingerprint density at radius 3 is 2.52 bits per heavy atom. The molecule has 23 heavy (non-hydrogen) atoms. The lowest BCUT2D eigenvalue weighted by Gasteiger charge is -2.50. The molecule has 5 rings (SSSR count). The van der Waals surface area contributed by atoms with Crippen LogP contribution in [0.5, 0.6) is 0 Å². The fraction of sp³-hybridized carbons (Fsp3) is 0.905. The second kappa shape index (κ2) is 6.19. The van der Waals surface area contributed by atoms with Gasteiger partial charge in [0.2, 0.25) is 0 Å². The van der Waals surface area contributed by atoms with Crippen LogP contribution >= 0.6 is 0 Å². The molecule has 0 unspecified atom stereocenters. The van der Waals surface area contributed by atoms with E-state index in [1.807, 2.05) is 0 Å². The lowest BCUT2D eigenvalue weighted by atomic mass is 9.78. The first-order valence-electron chi connectivity index (χ1n) is 10.5. The van der Waals surface area contributed by atoms with Crippen molar-refractivity contribution >= 4 is 0 Å². The monoisotopic (exact) mass is 314 g/mol. The Kier molecular flexibility index (Phi) is 4.02. The summed E-state index contributed by atoms with van der Waals surface area (Å²) in [6.07, 6.45) is 18.5. The number of hydrogen-bond acceptors (Lipinski definition) is 2. The van der Waals surface area contributed by atoms with Gasteiger partial charge >= 0.3 is 0 Å². The molecule has 0 radical (unpaired) electrons. The van der Waals surface area contributed by atoms with Crippen molar-refractivity contribution in [1.82, 2.24) is 9.80 Å². The van der Waals surface area contributed by atoms with E-state index in [-0.39, 0.29) is 0 Å². The van der Waals surface area contributed by atoms with Gasteiger partial charge in [0.15, 0.2) is 0 Å². The topological polar surface area (TPSA) is 6.48 Å². The molecule has 0 amide bonds. The van der Waals surface area contributed by atoms with E-state index < -0.39 is 0 Å². The van der Waals surface area contributed by atoms with Gasteiger partial charge in [-0.2, -0.15) is 0 Å². The van der Waals surface area contributed by atoms with Gasteiger partial charge < -0.3 is 0 Å². The average Bonchev–Trinajstić information content (AvgIpc) is 3.31. The Hall–Kier alpha value is -0.340. The second-order valence-electron chi connectivity index (χ2n) is 9.17. The molecule has 5 aliphatic rings. The molecule has 0 aromatic carbocycles. The fourth-order valence-electron chi connectivity index (χ4n) is 6.87. The van der Waals surface area contributed by atoms with Gasteiger partial charge in [0.1, 0.15) is 0 Å². The van der Waals surface area contributed by atoms with Gasteiger partial charge in [-0.05, 0) is 68.7 Å². The molecule has 2 bridgehead atoms. The van der Waals surface area contributed by atoms with Gasteiger partial charge in [-0.1, -0.05) is 31.4 Å². The molecular weight excluding hydrogens is 280 g/mol. The van der Waals surface area contributed by atoms with E-state index in [9.17, 15) is 0 Å². The number of fused-ring (bicyclic) bond motifs is 3. The van der Waals surface area contributed by atoms with Crippen molar-refractivity contribution in [2.75, 3.05) is 26.2 Å². The molecule has 0 N–H and O–H groups in total. The average molecular weight is 315 g/mol.